The van der Waals surface area contributed by atoms with Crippen LogP contribution in [0, 0.1) is 6.92 Å². The monoisotopic (exact) mass is 109 g/mol. The van der Waals surface area contributed by atoms with E-state index < -0.39 is 0 Å². The molecule has 0 aliphatic carbocycles. The molecule has 0 aromatic carbocycles. The Labute approximate surface area is 51.9 Å². The van der Waals surface area contributed by atoms with Gasteiger partial charge in [-0.05, 0) is 27.2 Å². The van der Waals surface area contributed by atoms with Gasteiger partial charge in [0.2, 0.25) is 0 Å². The molecule has 0 unspecified atom stereocenters. The van der Waals surface area contributed by atoms with E-state index in [-0.39, 0.29) is 0 Å². The van der Waals surface area contributed by atoms with Gasteiger partial charge in [0.25, 0.3) is 0 Å². The Morgan fingerprint density at radius 3 is 2.62 bits per heavy atom. The molecule has 0 nitrogen and oxygen atoms in total. The van der Waals surface area contributed by atoms with E-state index in [2.05, 4.69) is 19.9 Å². The summed E-state index contributed by atoms with van der Waals surface area (Å²) >= 11 is 0. The second-order valence-electron chi connectivity index (χ2n) is 1.82. The molecule has 0 aromatic rings. The van der Waals surface area contributed by atoms with Gasteiger partial charge in [-0.3, -0.25) is 0 Å². The number of rotatable bonds is 2. The molecule has 0 aliphatic heterocycles. The highest BCUT2D eigenvalue weighted by Gasteiger charge is 1.77. The first-order valence-corrected chi connectivity index (χ1v) is 2.87. The molecule has 0 rings (SSSR count). The molecule has 45 valence electrons. The Morgan fingerprint density at radius 1 is 1.62 bits per heavy atom. The summed E-state index contributed by atoms with van der Waals surface area (Å²) in [4.78, 5) is 0. The summed E-state index contributed by atoms with van der Waals surface area (Å²) < 4.78 is 0. The third-order valence-electron chi connectivity index (χ3n) is 1.02. The van der Waals surface area contributed by atoms with Gasteiger partial charge in [0, 0.05) is 0 Å². The molecule has 0 heterocycles. The minimum atomic E-state index is 1.04. The maximum Gasteiger partial charge on any atom is -0.0142 e. The molecular weight excluding hydrogens is 96.1 g/mol. The molecular formula is C8H13. The van der Waals surface area contributed by atoms with Crippen LogP contribution in [-0.2, 0) is 0 Å². The summed E-state index contributed by atoms with van der Waals surface area (Å²) in [7, 11) is 0. The summed E-state index contributed by atoms with van der Waals surface area (Å²) in [5, 5.41) is 0. The van der Waals surface area contributed by atoms with Gasteiger partial charge >= 0.3 is 0 Å². The largest absolute Gasteiger partial charge is 0.0913 e. The van der Waals surface area contributed by atoms with Gasteiger partial charge in [-0.15, -0.1) is 0 Å². The minimum absolute atomic E-state index is 1.04. The summed E-state index contributed by atoms with van der Waals surface area (Å²) in [6.45, 7) is 7.74. The fraction of sp³-hybridized carbons (Fsp3) is 0.375. The maximum absolute atomic E-state index is 3.64. The van der Waals surface area contributed by atoms with Crippen LogP contribution in [-0.4, -0.2) is 0 Å². The van der Waals surface area contributed by atoms with E-state index in [1.807, 2.05) is 19.1 Å². The molecule has 1 radical (unpaired) electrons. The average Bonchev–Trinajstić information content (AvgIpc) is 1.83. The lowest BCUT2D eigenvalue weighted by Gasteiger charge is -1.88. The van der Waals surface area contributed by atoms with Crippen molar-refractivity contribution >= 4 is 0 Å². The van der Waals surface area contributed by atoms with Crippen molar-refractivity contribution in [3.05, 3.63) is 30.7 Å². The van der Waals surface area contributed by atoms with E-state index in [4.69, 9.17) is 0 Å². The zero-order valence-corrected chi connectivity index (χ0v) is 5.65. The second-order valence-corrected chi connectivity index (χ2v) is 1.82. The average molecular weight is 109 g/mol. The van der Waals surface area contributed by atoms with Crippen LogP contribution in [0.15, 0.2) is 23.8 Å². The van der Waals surface area contributed by atoms with Crippen molar-refractivity contribution in [2.75, 3.05) is 0 Å². The maximum atomic E-state index is 3.64. The zero-order valence-electron chi connectivity index (χ0n) is 5.65. The highest BCUT2D eigenvalue weighted by atomic mass is 13.8. The van der Waals surface area contributed by atoms with Crippen LogP contribution in [0.5, 0.6) is 0 Å². The van der Waals surface area contributed by atoms with Crippen LogP contribution in [0.25, 0.3) is 0 Å². The lowest BCUT2D eigenvalue weighted by molar-refractivity contribution is 1.21. The van der Waals surface area contributed by atoms with Crippen LogP contribution in [0.3, 0.4) is 0 Å². The third kappa shape index (κ3) is 3.66. The van der Waals surface area contributed by atoms with Crippen LogP contribution in [0.1, 0.15) is 20.3 Å². The zero-order chi connectivity index (χ0) is 6.41. The molecule has 8 heavy (non-hydrogen) atoms. The van der Waals surface area contributed by atoms with Gasteiger partial charge in [-0.2, -0.15) is 0 Å². The predicted octanol–water partition coefficient (Wildman–Crippen LogP) is 2.73. The molecule has 0 fully saturated rings. The first-order chi connectivity index (χ1) is 3.81. The normalized spacial score (nSPS) is 13.1. The van der Waals surface area contributed by atoms with Gasteiger partial charge in [0.1, 0.15) is 0 Å². The summed E-state index contributed by atoms with van der Waals surface area (Å²) in [6.07, 6.45) is 7.10. The van der Waals surface area contributed by atoms with Crippen molar-refractivity contribution in [3.8, 4) is 0 Å². The van der Waals surface area contributed by atoms with Crippen molar-refractivity contribution in [1.82, 2.24) is 0 Å². The molecule has 0 aromatic heterocycles. The standard InChI is InChI=1S/C8H13/c1-4-6-7-8(3)5-2/h4-6H,2,7H2,1,3H3. The van der Waals surface area contributed by atoms with Crippen LogP contribution < -0.4 is 0 Å². The molecule has 0 aliphatic rings. The van der Waals surface area contributed by atoms with E-state index in [0.29, 0.717) is 0 Å². The first kappa shape index (κ1) is 7.48. The fourth-order valence-electron chi connectivity index (χ4n) is 0.387. The number of allylic oxidation sites excluding steroid dienone is 4. The Kier molecular flexibility index (Phi) is 4.33. The molecule has 0 amide bonds. The van der Waals surface area contributed by atoms with Crippen molar-refractivity contribution in [3.63, 3.8) is 0 Å². The smallest absolute Gasteiger partial charge is 0.0142 e. The topological polar surface area (TPSA) is 0 Å². The molecule has 0 heteroatoms. The summed E-state index contributed by atoms with van der Waals surface area (Å²) in [5.41, 5.74) is 1.32. The van der Waals surface area contributed by atoms with E-state index in [9.17, 15) is 0 Å². The predicted molar refractivity (Wildman–Crippen MR) is 38.5 cm³/mol. The van der Waals surface area contributed by atoms with Gasteiger partial charge in [0.05, 0.1) is 0 Å². The Hall–Kier alpha value is -0.520. The van der Waals surface area contributed by atoms with E-state index in [1.54, 1.807) is 0 Å². The fourth-order valence-corrected chi connectivity index (χ4v) is 0.387. The second kappa shape index (κ2) is 4.63. The molecule has 0 saturated heterocycles. The van der Waals surface area contributed by atoms with Crippen molar-refractivity contribution < 1.29 is 0 Å². The lowest BCUT2D eigenvalue weighted by Crippen LogP contribution is -1.68. The van der Waals surface area contributed by atoms with Crippen molar-refractivity contribution in [2.45, 2.75) is 20.3 Å². The number of hydrogen-bond donors (Lipinski definition) is 0. The lowest BCUT2D eigenvalue weighted by atomic mass is 10.2. The van der Waals surface area contributed by atoms with E-state index in [1.165, 1.54) is 5.57 Å². The SMILES string of the molecule is [CH2]C=C(C)CC=CC. The Balaban J connectivity index is 3.40. The molecule has 0 spiro atoms. The van der Waals surface area contributed by atoms with Crippen LogP contribution >= 0.6 is 0 Å². The minimum Gasteiger partial charge on any atom is -0.0913 e. The third-order valence-corrected chi connectivity index (χ3v) is 1.02. The molecule has 0 N–H and O–H groups in total. The highest BCUT2D eigenvalue weighted by molar-refractivity contribution is 5.04. The van der Waals surface area contributed by atoms with Crippen molar-refractivity contribution in [1.29, 1.82) is 0 Å². The van der Waals surface area contributed by atoms with Crippen LogP contribution in [0.4, 0.5) is 0 Å². The van der Waals surface area contributed by atoms with Gasteiger partial charge in [0.15, 0.2) is 0 Å². The van der Waals surface area contributed by atoms with Gasteiger partial charge in [-0.1, -0.05) is 23.8 Å². The summed E-state index contributed by atoms with van der Waals surface area (Å²) in [6, 6.07) is 0. The van der Waals surface area contributed by atoms with Crippen molar-refractivity contribution in [2.24, 2.45) is 0 Å². The Morgan fingerprint density at radius 2 is 2.25 bits per heavy atom. The van der Waals surface area contributed by atoms with E-state index >= 15 is 0 Å². The molecule has 0 atom stereocenters. The van der Waals surface area contributed by atoms with Gasteiger partial charge in [-0.25, -0.2) is 0 Å². The number of hydrogen-bond acceptors (Lipinski definition) is 0. The highest BCUT2D eigenvalue weighted by Crippen LogP contribution is 1.98. The quantitative estimate of drug-likeness (QED) is 0.478. The van der Waals surface area contributed by atoms with E-state index in [0.717, 1.165) is 6.42 Å². The summed E-state index contributed by atoms with van der Waals surface area (Å²) in [5.74, 6) is 0. The van der Waals surface area contributed by atoms with Crippen LogP contribution in [0.2, 0.25) is 0 Å². The Bertz CT molecular complexity index is 96.6. The molecule has 0 saturated carbocycles. The molecule has 0 bridgehead atoms. The van der Waals surface area contributed by atoms with Gasteiger partial charge < -0.3 is 0 Å². The first-order valence-electron chi connectivity index (χ1n) is 2.87.